The molecular weight excluding hydrogens is 294 g/mol. The number of nitrogens with two attached hydrogens (primary N) is 1. The summed E-state index contributed by atoms with van der Waals surface area (Å²) in [4.78, 5) is 17.6. The molecule has 0 aliphatic rings. The second kappa shape index (κ2) is 6.31. The normalized spacial score (nSPS) is 10.2. The molecule has 2 aromatic rings. The third kappa shape index (κ3) is 3.76. The van der Waals surface area contributed by atoms with Gasteiger partial charge < -0.3 is 21.3 Å². The zero-order valence-electron chi connectivity index (χ0n) is 11.6. The van der Waals surface area contributed by atoms with Crippen LogP contribution in [0.5, 0.6) is 0 Å². The van der Waals surface area contributed by atoms with Crippen LogP contribution in [0.25, 0.3) is 0 Å². The van der Waals surface area contributed by atoms with Crippen molar-refractivity contribution in [3.63, 3.8) is 0 Å². The van der Waals surface area contributed by atoms with Gasteiger partial charge in [-0.15, -0.1) is 5.10 Å². The Labute approximate surface area is 126 Å². The lowest BCUT2D eigenvalue weighted by Gasteiger charge is -2.19. The van der Waals surface area contributed by atoms with Crippen LogP contribution >= 0.6 is 11.6 Å². The number of hydrogen-bond donors (Lipinski definition) is 4. The zero-order chi connectivity index (χ0) is 15.4. The van der Waals surface area contributed by atoms with E-state index in [-0.39, 0.29) is 18.5 Å². The van der Waals surface area contributed by atoms with E-state index < -0.39 is 0 Å². The van der Waals surface area contributed by atoms with Crippen LogP contribution in [0, 0.1) is 0 Å². The number of aromatic nitrogens is 3. The third-order valence-corrected chi connectivity index (χ3v) is 2.95. The lowest BCUT2D eigenvalue weighted by molar-refractivity contribution is 0.251. The largest absolute Gasteiger partial charge is 0.375 e. The van der Waals surface area contributed by atoms with E-state index in [1.807, 2.05) is 19.0 Å². The minimum absolute atomic E-state index is 0.136. The van der Waals surface area contributed by atoms with Crippen molar-refractivity contribution in [3.8, 4) is 0 Å². The van der Waals surface area contributed by atoms with Gasteiger partial charge in [-0.2, -0.15) is 4.98 Å². The van der Waals surface area contributed by atoms with Gasteiger partial charge in [0.25, 0.3) is 0 Å². The summed E-state index contributed by atoms with van der Waals surface area (Å²) in [5.74, 6) is 0.610. The molecule has 0 spiro atoms. The molecule has 0 saturated heterocycles. The molecule has 0 radical (unpaired) electrons. The lowest BCUT2D eigenvalue weighted by atomic mass is 10.2. The van der Waals surface area contributed by atoms with E-state index in [2.05, 4.69) is 25.8 Å². The number of hydrogen-bond acceptors (Lipinski definition) is 5. The number of urea groups is 1. The Morgan fingerprint density at radius 3 is 2.86 bits per heavy atom. The van der Waals surface area contributed by atoms with Crippen molar-refractivity contribution in [2.75, 3.05) is 30.0 Å². The molecular formula is C12H16ClN7O. The number of para-hydroxylation sites is 1. The first-order valence-corrected chi connectivity index (χ1v) is 6.52. The molecule has 0 atom stereocenters. The maximum absolute atomic E-state index is 11.9. The lowest BCUT2D eigenvalue weighted by Crippen LogP contribution is -2.29. The molecule has 0 bridgehead atoms. The van der Waals surface area contributed by atoms with Crippen LogP contribution < -0.4 is 21.3 Å². The first-order valence-electron chi connectivity index (χ1n) is 6.15. The molecule has 8 nitrogen and oxygen atoms in total. The summed E-state index contributed by atoms with van der Waals surface area (Å²) in [6.45, 7) is 0.188. The number of anilines is 3. The van der Waals surface area contributed by atoms with Crippen molar-refractivity contribution in [2.24, 2.45) is 0 Å². The highest BCUT2D eigenvalue weighted by Crippen LogP contribution is 2.32. The highest BCUT2D eigenvalue weighted by molar-refractivity contribution is 6.34. The fourth-order valence-corrected chi connectivity index (χ4v) is 2.13. The number of rotatable bonds is 4. The number of nitrogen functional groups attached to an aromatic ring is 1. The molecule has 0 fully saturated rings. The van der Waals surface area contributed by atoms with Crippen LogP contribution in [0.2, 0.25) is 5.02 Å². The van der Waals surface area contributed by atoms with Crippen LogP contribution in [0.3, 0.4) is 0 Å². The van der Waals surface area contributed by atoms with Gasteiger partial charge >= 0.3 is 6.03 Å². The number of amides is 2. The van der Waals surface area contributed by atoms with Crippen molar-refractivity contribution >= 4 is 35.0 Å². The van der Waals surface area contributed by atoms with Crippen LogP contribution in [0.4, 0.5) is 22.1 Å². The van der Waals surface area contributed by atoms with E-state index in [1.54, 1.807) is 18.2 Å². The number of H-pyrrole nitrogens is 1. The molecule has 5 N–H and O–H groups in total. The van der Waals surface area contributed by atoms with Crippen LogP contribution in [-0.4, -0.2) is 35.3 Å². The molecule has 0 aliphatic carbocycles. The Kier molecular flexibility index (Phi) is 4.49. The Hall–Kier alpha value is -2.48. The standard InChI is InChI=1S/C12H16ClN7O/c1-20(2)10-7(13)4-3-5-8(10)16-12(21)15-6-9-17-11(14)19-18-9/h3-5H,6H2,1-2H3,(H2,15,16,21)(H3,14,17,18,19). The number of carbonyl (C=O) groups excluding carboxylic acids is 1. The van der Waals surface area contributed by atoms with E-state index in [0.29, 0.717) is 16.5 Å². The summed E-state index contributed by atoms with van der Waals surface area (Å²) in [5, 5.41) is 12.2. The molecule has 2 amide bonds. The first-order chi connectivity index (χ1) is 9.97. The average molecular weight is 310 g/mol. The van der Waals surface area contributed by atoms with Crippen molar-refractivity contribution in [2.45, 2.75) is 6.54 Å². The number of halogens is 1. The summed E-state index contributed by atoms with van der Waals surface area (Å²) in [6.07, 6.45) is 0. The van der Waals surface area contributed by atoms with Crippen LogP contribution in [-0.2, 0) is 6.54 Å². The Morgan fingerprint density at radius 1 is 1.48 bits per heavy atom. The van der Waals surface area contributed by atoms with Gasteiger partial charge in [-0.05, 0) is 12.1 Å². The molecule has 0 aliphatic heterocycles. The molecule has 1 aromatic carbocycles. The minimum Gasteiger partial charge on any atom is -0.375 e. The van der Waals surface area contributed by atoms with E-state index in [1.165, 1.54) is 0 Å². The maximum atomic E-state index is 11.9. The fraction of sp³-hybridized carbons (Fsp3) is 0.250. The maximum Gasteiger partial charge on any atom is 0.319 e. The van der Waals surface area contributed by atoms with Crippen molar-refractivity contribution in [1.29, 1.82) is 0 Å². The molecule has 1 aromatic heterocycles. The summed E-state index contributed by atoms with van der Waals surface area (Å²) in [5.41, 5.74) is 6.72. The van der Waals surface area contributed by atoms with Gasteiger partial charge in [0.15, 0.2) is 0 Å². The number of nitrogens with one attached hydrogen (secondary N) is 3. The summed E-state index contributed by atoms with van der Waals surface area (Å²) < 4.78 is 0. The van der Waals surface area contributed by atoms with Gasteiger partial charge in [-0.25, -0.2) is 4.79 Å². The molecule has 1 heterocycles. The molecule has 2 rings (SSSR count). The number of nitrogens with zero attached hydrogens (tertiary/aromatic N) is 3. The van der Waals surface area contributed by atoms with Crippen LogP contribution in [0.15, 0.2) is 18.2 Å². The molecule has 21 heavy (non-hydrogen) atoms. The summed E-state index contributed by atoms with van der Waals surface area (Å²) in [7, 11) is 3.70. The Bertz CT molecular complexity index is 640. The van der Waals surface area contributed by atoms with Gasteiger partial charge in [0.05, 0.1) is 22.9 Å². The predicted molar refractivity (Wildman–Crippen MR) is 82.4 cm³/mol. The van der Waals surface area contributed by atoms with Gasteiger partial charge in [0.1, 0.15) is 5.82 Å². The zero-order valence-corrected chi connectivity index (χ0v) is 12.4. The second-order valence-corrected chi connectivity index (χ2v) is 4.89. The quantitative estimate of drug-likeness (QED) is 0.682. The Balaban J connectivity index is 2.01. The van der Waals surface area contributed by atoms with E-state index in [0.717, 1.165) is 5.69 Å². The summed E-state index contributed by atoms with van der Waals surface area (Å²) in [6, 6.07) is 4.92. The molecule has 9 heteroatoms. The molecule has 112 valence electrons. The van der Waals surface area contributed by atoms with E-state index in [9.17, 15) is 4.79 Å². The van der Waals surface area contributed by atoms with Crippen molar-refractivity contribution in [1.82, 2.24) is 20.5 Å². The van der Waals surface area contributed by atoms with Gasteiger partial charge in [-0.1, -0.05) is 17.7 Å². The van der Waals surface area contributed by atoms with Gasteiger partial charge in [0, 0.05) is 14.1 Å². The summed E-state index contributed by atoms with van der Waals surface area (Å²) >= 11 is 6.13. The Morgan fingerprint density at radius 2 is 2.24 bits per heavy atom. The van der Waals surface area contributed by atoms with Gasteiger partial charge in [-0.3, -0.25) is 5.10 Å². The van der Waals surface area contributed by atoms with E-state index in [4.69, 9.17) is 17.3 Å². The highest BCUT2D eigenvalue weighted by Gasteiger charge is 2.12. The van der Waals surface area contributed by atoms with Crippen molar-refractivity contribution in [3.05, 3.63) is 29.0 Å². The first kappa shape index (κ1) is 14.9. The van der Waals surface area contributed by atoms with Crippen molar-refractivity contribution < 1.29 is 4.79 Å². The second-order valence-electron chi connectivity index (χ2n) is 4.48. The average Bonchev–Trinajstić information content (AvgIpc) is 2.82. The van der Waals surface area contributed by atoms with Gasteiger partial charge in [0.2, 0.25) is 5.95 Å². The highest BCUT2D eigenvalue weighted by atomic mass is 35.5. The number of carbonyl (C=O) groups is 1. The predicted octanol–water partition coefficient (Wildman–Crippen LogP) is 1.43. The SMILES string of the molecule is CN(C)c1c(Cl)cccc1NC(=O)NCc1nc(N)n[nH]1. The fourth-order valence-electron chi connectivity index (χ4n) is 1.79. The number of benzene rings is 1. The smallest absolute Gasteiger partial charge is 0.319 e. The third-order valence-electron chi connectivity index (χ3n) is 2.65. The molecule has 0 unspecified atom stereocenters. The monoisotopic (exact) mass is 309 g/mol. The minimum atomic E-state index is -0.379. The molecule has 0 saturated carbocycles. The van der Waals surface area contributed by atoms with Crippen LogP contribution in [0.1, 0.15) is 5.82 Å². The number of aromatic amines is 1. The van der Waals surface area contributed by atoms with E-state index >= 15 is 0 Å². The topological polar surface area (TPSA) is 112 Å².